The van der Waals surface area contributed by atoms with Crippen LogP contribution >= 0.6 is 0 Å². The lowest BCUT2D eigenvalue weighted by molar-refractivity contribution is 0.0693. The minimum Gasteiger partial charge on any atom is -0.422 e. The molecular weight excluding hydrogens is 504 g/mol. The van der Waals surface area contributed by atoms with Crippen molar-refractivity contribution in [3.8, 4) is 33.8 Å². The average molecular weight is 531 g/mol. The molecule has 0 atom stereocenters. The molecule has 0 saturated heterocycles. The van der Waals surface area contributed by atoms with Crippen molar-refractivity contribution in [2.45, 2.75) is 0 Å². The van der Waals surface area contributed by atoms with E-state index in [0.29, 0.717) is 45.0 Å². The number of anilines is 4. The van der Waals surface area contributed by atoms with Crippen molar-refractivity contribution >= 4 is 34.7 Å². The number of nitrogens with two attached hydrogens (primary N) is 4. The quantitative estimate of drug-likeness (QED) is 0.122. The van der Waals surface area contributed by atoms with Crippen molar-refractivity contribution in [2.24, 2.45) is 0 Å². The predicted molar refractivity (Wildman–Crippen MR) is 158 cm³/mol. The van der Waals surface area contributed by atoms with Gasteiger partial charge < -0.3 is 32.4 Å². The SMILES string of the molecule is Nc1ccc(OC(=O)c2ccccc2C(=O)Oc2ccc(N)cc2-c2ccccc2N)c(-c2ccccc2N)c1. The molecule has 40 heavy (non-hydrogen) atoms. The number of esters is 2. The highest BCUT2D eigenvalue weighted by atomic mass is 16.5. The third kappa shape index (κ3) is 5.27. The summed E-state index contributed by atoms with van der Waals surface area (Å²) in [4.78, 5) is 26.8. The van der Waals surface area contributed by atoms with Crippen LogP contribution in [0.3, 0.4) is 0 Å². The first-order valence-corrected chi connectivity index (χ1v) is 12.3. The monoisotopic (exact) mass is 530 g/mol. The fourth-order valence-corrected chi connectivity index (χ4v) is 4.33. The molecule has 0 spiro atoms. The van der Waals surface area contributed by atoms with Crippen LogP contribution in [0.15, 0.2) is 109 Å². The second kappa shape index (κ2) is 10.9. The van der Waals surface area contributed by atoms with Crippen molar-refractivity contribution < 1.29 is 19.1 Å². The van der Waals surface area contributed by atoms with Crippen molar-refractivity contribution in [3.63, 3.8) is 0 Å². The number of benzene rings is 5. The number of carbonyl (C=O) groups is 2. The van der Waals surface area contributed by atoms with Gasteiger partial charge in [0.05, 0.1) is 11.1 Å². The maximum absolute atomic E-state index is 13.4. The summed E-state index contributed by atoms with van der Waals surface area (Å²) < 4.78 is 11.5. The maximum Gasteiger partial charge on any atom is 0.344 e. The molecule has 0 amide bonds. The van der Waals surface area contributed by atoms with Crippen LogP contribution < -0.4 is 32.4 Å². The molecule has 0 aliphatic heterocycles. The van der Waals surface area contributed by atoms with E-state index in [0.717, 1.165) is 0 Å². The number of para-hydroxylation sites is 2. The molecule has 0 aromatic heterocycles. The van der Waals surface area contributed by atoms with E-state index in [4.69, 9.17) is 32.4 Å². The van der Waals surface area contributed by atoms with E-state index in [1.54, 1.807) is 84.9 Å². The van der Waals surface area contributed by atoms with Gasteiger partial charge in [-0.05, 0) is 60.7 Å². The van der Waals surface area contributed by atoms with Gasteiger partial charge in [0.25, 0.3) is 0 Å². The van der Waals surface area contributed by atoms with Crippen LogP contribution in [0, 0.1) is 0 Å². The molecule has 8 nitrogen and oxygen atoms in total. The Morgan fingerprint density at radius 1 is 0.450 bits per heavy atom. The van der Waals surface area contributed by atoms with Gasteiger partial charge in [0.1, 0.15) is 11.5 Å². The van der Waals surface area contributed by atoms with Crippen molar-refractivity contribution in [1.82, 2.24) is 0 Å². The largest absolute Gasteiger partial charge is 0.422 e. The van der Waals surface area contributed by atoms with Gasteiger partial charge in [-0.3, -0.25) is 0 Å². The van der Waals surface area contributed by atoms with E-state index < -0.39 is 11.9 Å². The van der Waals surface area contributed by atoms with Gasteiger partial charge in [-0.15, -0.1) is 0 Å². The lowest BCUT2D eigenvalue weighted by atomic mass is 10.0. The molecule has 0 aliphatic rings. The van der Waals surface area contributed by atoms with Gasteiger partial charge >= 0.3 is 11.9 Å². The Kier molecular flexibility index (Phi) is 7.07. The molecule has 5 aromatic carbocycles. The van der Waals surface area contributed by atoms with Crippen LogP contribution in [-0.2, 0) is 0 Å². The summed E-state index contributed by atoms with van der Waals surface area (Å²) >= 11 is 0. The first kappa shape index (κ1) is 25.9. The zero-order valence-electron chi connectivity index (χ0n) is 21.3. The topological polar surface area (TPSA) is 157 Å². The smallest absolute Gasteiger partial charge is 0.344 e. The van der Waals surface area contributed by atoms with Crippen LogP contribution in [0.5, 0.6) is 11.5 Å². The van der Waals surface area contributed by atoms with Crippen LogP contribution in [0.25, 0.3) is 22.3 Å². The first-order valence-electron chi connectivity index (χ1n) is 12.3. The fraction of sp³-hybridized carbons (Fsp3) is 0. The summed E-state index contributed by atoms with van der Waals surface area (Å²) in [5.74, 6) is -1.03. The fourth-order valence-electron chi connectivity index (χ4n) is 4.33. The highest BCUT2D eigenvalue weighted by Crippen LogP contribution is 2.37. The second-order valence-corrected chi connectivity index (χ2v) is 9.01. The molecule has 0 unspecified atom stereocenters. The highest BCUT2D eigenvalue weighted by Gasteiger charge is 2.23. The molecule has 198 valence electrons. The first-order chi connectivity index (χ1) is 19.3. The van der Waals surface area contributed by atoms with Crippen LogP contribution in [0.4, 0.5) is 22.7 Å². The molecule has 8 heteroatoms. The number of nitrogen functional groups attached to an aromatic ring is 4. The number of rotatable bonds is 6. The Morgan fingerprint density at radius 2 is 0.825 bits per heavy atom. The Morgan fingerprint density at radius 3 is 1.23 bits per heavy atom. The third-order valence-electron chi connectivity index (χ3n) is 6.28. The van der Waals surface area contributed by atoms with Crippen molar-refractivity contribution in [1.29, 1.82) is 0 Å². The number of hydrogen-bond donors (Lipinski definition) is 4. The van der Waals surface area contributed by atoms with E-state index >= 15 is 0 Å². The molecule has 0 heterocycles. The van der Waals surface area contributed by atoms with Gasteiger partial charge in [0, 0.05) is 45.0 Å². The molecular formula is C32H26N4O4. The molecule has 0 bridgehead atoms. The maximum atomic E-state index is 13.4. The van der Waals surface area contributed by atoms with Crippen molar-refractivity contribution in [3.05, 3.63) is 120 Å². The van der Waals surface area contributed by atoms with Gasteiger partial charge in [0.15, 0.2) is 0 Å². The number of ether oxygens (including phenoxy) is 2. The lowest BCUT2D eigenvalue weighted by Gasteiger charge is -2.15. The summed E-state index contributed by atoms with van der Waals surface area (Å²) in [6, 6.07) is 30.3. The van der Waals surface area contributed by atoms with Gasteiger partial charge in [-0.1, -0.05) is 48.5 Å². The summed E-state index contributed by atoms with van der Waals surface area (Å²) in [6.07, 6.45) is 0. The molecule has 0 aliphatic carbocycles. The van der Waals surface area contributed by atoms with E-state index in [1.807, 2.05) is 12.1 Å². The lowest BCUT2D eigenvalue weighted by Crippen LogP contribution is -2.18. The summed E-state index contributed by atoms with van der Waals surface area (Å²) in [5.41, 5.74) is 28.7. The normalized spacial score (nSPS) is 10.6. The van der Waals surface area contributed by atoms with Crippen LogP contribution in [-0.4, -0.2) is 11.9 Å². The highest BCUT2D eigenvalue weighted by molar-refractivity contribution is 6.05. The summed E-state index contributed by atoms with van der Waals surface area (Å²) in [7, 11) is 0. The molecule has 0 radical (unpaired) electrons. The van der Waals surface area contributed by atoms with E-state index in [2.05, 4.69) is 0 Å². The Hall–Kier alpha value is -5.76. The van der Waals surface area contributed by atoms with Gasteiger partial charge in [0.2, 0.25) is 0 Å². The Bertz CT molecular complexity index is 1620. The molecule has 0 fully saturated rings. The molecule has 0 saturated carbocycles. The van der Waals surface area contributed by atoms with E-state index in [1.165, 1.54) is 12.1 Å². The third-order valence-corrected chi connectivity index (χ3v) is 6.28. The average Bonchev–Trinajstić information content (AvgIpc) is 2.95. The van der Waals surface area contributed by atoms with Gasteiger partial charge in [-0.2, -0.15) is 0 Å². The summed E-state index contributed by atoms with van der Waals surface area (Å²) in [6.45, 7) is 0. The minimum atomic E-state index is -0.752. The zero-order chi connectivity index (χ0) is 28.2. The summed E-state index contributed by atoms with van der Waals surface area (Å²) in [5, 5.41) is 0. The Balaban J connectivity index is 1.47. The predicted octanol–water partition coefficient (Wildman–Crippen LogP) is 5.79. The molecule has 5 rings (SSSR count). The number of hydrogen-bond acceptors (Lipinski definition) is 8. The van der Waals surface area contributed by atoms with Crippen molar-refractivity contribution in [2.75, 3.05) is 22.9 Å². The Labute approximate surface area is 230 Å². The van der Waals surface area contributed by atoms with Crippen LogP contribution in [0.2, 0.25) is 0 Å². The standard InChI is InChI=1S/C32H26N4O4/c33-19-13-15-29(25(17-19)21-7-3-5-11-27(21)35)39-31(37)23-9-1-2-10-24(23)32(38)40-30-16-14-20(34)18-26(30)22-8-4-6-12-28(22)36/h1-18H,33-36H2. The van der Waals surface area contributed by atoms with E-state index in [-0.39, 0.29) is 22.6 Å². The minimum absolute atomic E-state index is 0.0209. The second-order valence-electron chi connectivity index (χ2n) is 9.01. The molecule has 5 aromatic rings. The zero-order valence-corrected chi connectivity index (χ0v) is 21.3. The molecule has 8 N–H and O–H groups in total. The van der Waals surface area contributed by atoms with E-state index in [9.17, 15) is 9.59 Å². The number of carbonyl (C=O) groups excluding carboxylic acids is 2. The van der Waals surface area contributed by atoms with Gasteiger partial charge in [-0.25, -0.2) is 9.59 Å². The van der Waals surface area contributed by atoms with Crippen LogP contribution in [0.1, 0.15) is 20.7 Å².